The molecule has 1 saturated heterocycles. The van der Waals surface area contributed by atoms with Gasteiger partial charge in [-0.2, -0.15) is 0 Å². The average molecular weight is 198 g/mol. The van der Waals surface area contributed by atoms with Crippen LogP contribution in [0.5, 0.6) is 0 Å². The summed E-state index contributed by atoms with van der Waals surface area (Å²) >= 11 is 0. The number of aliphatic hydroxyl groups is 1. The predicted octanol–water partition coefficient (Wildman–Crippen LogP) is 2.56. The fourth-order valence-electron chi connectivity index (χ4n) is 3.74. The van der Waals surface area contributed by atoms with E-state index in [4.69, 9.17) is 4.74 Å². The summed E-state index contributed by atoms with van der Waals surface area (Å²) in [5, 5.41) is 10.5. The van der Waals surface area contributed by atoms with Gasteiger partial charge in [0.05, 0.1) is 6.61 Å². The van der Waals surface area contributed by atoms with Crippen LogP contribution in [0, 0.1) is 17.3 Å². The Bertz CT molecular complexity index is 228. The molecule has 1 aliphatic heterocycles. The first-order chi connectivity index (χ1) is 6.56. The number of fused-ring (bicyclic) bond motifs is 1. The molecule has 0 bridgehead atoms. The van der Waals surface area contributed by atoms with E-state index in [1.54, 1.807) is 0 Å². The average Bonchev–Trinajstić information content (AvgIpc) is 2.51. The summed E-state index contributed by atoms with van der Waals surface area (Å²) in [5.74, 6) is 0.378. The van der Waals surface area contributed by atoms with Crippen molar-refractivity contribution in [3.63, 3.8) is 0 Å². The molecule has 2 aliphatic rings. The van der Waals surface area contributed by atoms with Crippen LogP contribution in [0.4, 0.5) is 0 Å². The molecule has 1 N–H and O–H groups in total. The normalized spacial score (nSPS) is 52.3. The van der Waals surface area contributed by atoms with E-state index < -0.39 is 5.79 Å². The zero-order valence-electron chi connectivity index (χ0n) is 9.55. The van der Waals surface area contributed by atoms with Gasteiger partial charge in [0.25, 0.3) is 0 Å². The monoisotopic (exact) mass is 198 g/mol. The number of rotatable bonds is 2. The number of hydrogen-bond acceptors (Lipinski definition) is 2. The van der Waals surface area contributed by atoms with Crippen molar-refractivity contribution in [3.05, 3.63) is 0 Å². The molecule has 0 spiro atoms. The van der Waals surface area contributed by atoms with E-state index in [1.165, 1.54) is 0 Å². The second kappa shape index (κ2) is 3.21. The first-order valence-corrected chi connectivity index (χ1v) is 5.92. The summed E-state index contributed by atoms with van der Waals surface area (Å²) in [5.41, 5.74) is 0.0567. The van der Waals surface area contributed by atoms with Gasteiger partial charge in [0.2, 0.25) is 0 Å². The minimum absolute atomic E-state index is 0.0567. The Kier molecular flexibility index (Phi) is 2.39. The molecule has 2 rings (SSSR count). The maximum atomic E-state index is 10.5. The molecule has 0 aromatic heterocycles. The van der Waals surface area contributed by atoms with E-state index in [-0.39, 0.29) is 5.41 Å². The minimum Gasteiger partial charge on any atom is -0.365 e. The van der Waals surface area contributed by atoms with Crippen LogP contribution >= 0.6 is 0 Å². The highest BCUT2D eigenvalue weighted by atomic mass is 16.6. The van der Waals surface area contributed by atoms with Gasteiger partial charge in [0, 0.05) is 11.8 Å². The Morgan fingerprint density at radius 1 is 1.43 bits per heavy atom. The van der Waals surface area contributed by atoms with E-state index in [0.29, 0.717) is 11.8 Å². The summed E-state index contributed by atoms with van der Waals surface area (Å²) in [6.45, 7) is 7.46. The highest BCUT2D eigenvalue weighted by Crippen LogP contribution is 2.61. The van der Waals surface area contributed by atoms with E-state index in [2.05, 4.69) is 20.8 Å². The summed E-state index contributed by atoms with van der Waals surface area (Å²) in [6, 6.07) is 0. The Morgan fingerprint density at radius 2 is 2.14 bits per heavy atom. The van der Waals surface area contributed by atoms with Crippen molar-refractivity contribution in [1.82, 2.24) is 0 Å². The van der Waals surface area contributed by atoms with E-state index in [1.807, 2.05) is 0 Å². The fraction of sp³-hybridized carbons (Fsp3) is 1.00. The molecule has 4 unspecified atom stereocenters. The molecule has 4 atom stereocenters. The molecule has 2 nitrogen and oxygen atoms in total. The number of hydrogen-bond donors (Lipinski definition) is 1. The molecule has 0 amide bonds. The second-order valence-corrected chi connectivity index (χ2v) is 5.26. The maximum absolute atomic E-state index is 10.5. The van der Waals surface area contributed by atoms with Crippen molar-refractivity contribution in [2.45, 2.75) is 52.2 Å². The van der Waals surface area contributed by atoms with Gasteiger partial charge in [-0.05, 0) is 24.7 Å². The SMILES string of the molecule is CCCC12CCOC1(O)CC(C)C2C. The van der Waals surface area contributed by atoms with Crippen LogP contribution in [0.2, 0.25) is 0 Å². The molecule has 14 heavy (non-hydrogen) atoms. The van der Waals surface area contributed by atoms with Crippen molar-refractivity contribution >= 4 is 0 Å². The Balaban J connectivity index is 2.32. The molecule has 1 aliphatic carbocycles. The Hall–Kier alpha value is -0.0800. The predicted molar refractivity (Wildman–Crippen MR) is 55.8 cm³/mol. The van der Waals surface area contributed by atoms with Crippen molar-refractivity contribution < 1.29 is 9.84 Å². The third kappa shape index (κ3) is 1.10. The molecule has 1 heterocycles. The van der Waals surface area contributed by atoms with E-state index in [0.717, 1.165) is 32.3 Å². The van der Waals surface area contributed by atoms with Crippen LogP contribution in [-0.4, -0.2) is 17.5 Å². The van der Waals surface area contributed by atoms with E-state index >= 15 is 0 Å². The quantitative estimate of drug-likeness (QED) is 0.739. The van der Waals surface area contributed by atoms with Gasteiger partial charge in [-0.15, -0.1) is 0 Å². The molecular weight excluding hydrogens is 176 g/mol. The standard InChI is InChI=1S/C12H22O2/c1-4-5-11-6-7-14-12(11,13)8-9(2)10(11)3/h9-10,13H,4-8H2,1-3H3. The molecule has 1 saturated carbocycles. The van der Waals surface area contributed by atoms with Gasteiger partial charge in [-0.25, -0.2) is 0 Å². The van der Waals surface area contributed by atoms with Gasteiger partial charge in [-0.1, -0.05) is 27.2 Å². The smallest absolute Gasteiger partial charge is 0.171 e. The van der Waals surface area contributed by atoms with Crippen LogP contribution in [-0.2, 0) is 4.74 Å². The maximum Gasteiger partial charge on any atom is 0.171 e. The van der Waals surface area contributed by atoms with Crippen molar-refractivity contribution in [2.75, 3.05) is 6.61 Å². The van der Waals surface area contributed by atoms with Crippen LogP contribution in [0.3, 0.4) is 0 Å². The van der Waals surface area contributed by atoms with Gasteiger partial charge in [-0.3, -0.25) is 0 Å². The summed E-state index contributed by atoms with van der Waals surface area (Å²) in [7, 11) is 0. The van der Waals surface area contributed by atoms with Crippen molar-refractivity contribution in [1.29, 1.82) is 0 Å². The first-order valence-electron chi connectivity index (χ1n) is 5.92. The number of ether oxygens (including phenoxy) is 1. The molecule has 0 aromatic carbocycles. The van der Waals surface area contributed by atoms with Gasteiger partial charge in [0.1, 0.15) is 0 Å². The third-order valence-electron chi connectivity index (χ3n) is 4.69. The summed E-state index contributed by atoms with van der Waals surface area (Å²) in [6.07, 6.45) is 4.12. The van der Waals surface area contributed by atoms with Gasteiger partial charge >= 0.3 is 0 Å². The van der Waals surface area contributed by atoms with Crippen molar-refractivity contribution in [2.24, 2.45) is 17.3 Å². The lowest BCUT2D eigenvalue weighted by Crippen LogP contribution is -2.42. The molecule has 82 valence electrons. The lowest BCUT2D eigenvalue weighted by atomic mass is 9.70. The zero-order chi connectivity index (χ0) is 10.4. The fourth-order valence-corrected chi connectivity index (χ4v) is 3.74. The van der Waals surface area contributed by atoms with Gasteiger partial charge < -0.3 is 9.84 Å². The van der Waals surface area contributed by atoms with Crippen LogP contribution in [0.25, 0.3) is 0 Å². The van der Waals surface area contributed by atoms with E-state index in [9.17, 15) is 5.11 Å². The molecule has 2 heteroatoms. The van der Waals surface area contributed by atoms with Crippen LogP contribution in [0.15, 0.2) is 0 Å². The van der Waals surface area contributed by atoms with Crippen LogP contribution in [0.1, 0.15) is 46.5 Å². The minimum atomic E-state index is -0.804. The molecule has 0 radical (unpaired) electrons. The topological polar surface area (TPSA) is 29.5 Å². The second-order valence-electron chi connectivity index (χ2n) is 5.26. The first kappa shape index (κ1) is 10.4. The van der Waals surface area contributed by atoms with Gasteiger partial charge in [0.15, 0.2) is 5.79 Å². The lowest BCUT2D eigenvalue weighted by molar-refractivity contribution is -0.219. The lowest BCUT2D eigenvalue weighted by Gasteiger charge is -2.38. The van der Waals surface area contributed by atoms with Crippen LogP contribution < -0.4 is 0 Å². The summed E-state index contributed by atoms with van der Waals surface area (Å²) < 4.78 is 5.62. The van der Waals surface area contributed by atoms with Crippen molar-refractivity contribution in [3.8, 4) is 0 Å². The Morgan fingerprint density at radius 3 is 2.79 bits per heavy atom. The Labute approximate surface area is 86.6 Å². The third-order valence-corrected chi connectivity index (χ3v) is 4.69. The highest BCUT2D eigenvalue weighted by molar-refractivity contribution is 5.07. The summed E-state index contributed by atoms with van der Waals surface area (Å²) in [4.78, 5) is 0. The molecule has 2 fully saturated rings. The zero-order valence-corrected chi connectivity index (χ0v) is 9.55. The molecular formula is C12H22O2. The molecule has 0 aromatic rings. The largest absolute Gasteiger partial charge is 0.365 e. The highest BCUT2D eigenvalue weighted by Gasteiger charge is 2.63.